The Kier molecular flexibility index (Phi) is 6.29. The maximum atomic E-state index is 11.7. The van der Waals surface area contributed by atoms with Crippen molar-refractivity contribution in [3.05, 3.63) is 46.7 Å². The van der Waals surface area contributed by atoms with E-state index in [9.17, 15) is 4.79 Å². The molecule has 2 amide bonds. The first-order valence-corrected chi connectivity index (χ1v) is 7.81. The number of carbonyl (C=O) groups excluding carboxylic acids is 1. The van der Waals surface area contributed by atoms with Gasteiger partial charge >= 0.3 is 6.03 Å². The number of hydrogen-bond acceptors (Lipinski definition) is 3. The van der Waals surface area contributed by atoms with Crippen LogP contribution in [0.5, 0.6) is 5.75 Å². The van der Waals surface area contributed by atoms with Crippen molar-refractivity contribution in [3.63, 3.8) is 0 Å². The Labute approximate surface area is 140 Å². The summed E-state index contributed by atoms with van der Waals surface area (Å²) in [7, 11) is 1.90. The van der Waals surface area contributed by atoms with E-state index in [0.29, 0.717) is 30.5 Å². The topological polar surface area (TPSA) is 68.2 Å². The van der Waals surface area contributed by atoms with Crippen molar-refractivity contribution in [2.75, 3.05) is 19.7 Å². The highest BCUT2D eigenvalue weighted by Gasteiger charge is 2.04. The summed E-state index contributed by atoms with van der Waals surface area (Å²) < 4.78 is 7.31. The fraction of sp³-hybridized carbons (Fsp3) is 0.375. The van der Waals surface area contributed by atoms with Gasteiger partial charge in [0.2, 0.25) is 0 Å². The molecule has 7 heteroatoms. The minimum absolute atomic E-state index is 0.207. The van der Waals surface area contributed by atoms with Crippen LogP contribution < -0.4 is 15.4 Å². The smallest absolute Gasteiger partial charge is 0.314 e. The average Bonchev–Trinajstić information content (AvgIpc) is 2.84. The van der Waals surface area contributed by atoms with Crippen LogP contribution in [0.2, 0.25) is 5.02 Å². The molecule has 0 aliphatic carbocycles. The van der Waals surface area contributed by atoms with Gasteiger partial charge in [0, 0.05) is 24.3 Å². The number of urea groups is 1. The second-order valence-electron chi connectivity index (χ2n) is 5.12. The monoisotopic (exact) mass is 336 g/mol. The Bertz CT molecular complexity index is 657. The third kappa shape index (κ3) is 5.49. The molecule has 0 spiro atoms. The van der Waals surface area contributed by atoms with E-state index in [1.807, 2.05) is 37.0 Å². The summed E-state index contributed by atoms with van der Waals surface area (Å²) in [6.07, 6.45) is 2.58. The molecule has 2 N–H and O–H groups in total. The van der Waals surface area contributed by atoms with Crippen molar-refractivity contribution in [2.45, 2.75) is 13.3 Å². The number of amides is 2. The summed E-state index contributed by atoms with van der Waals surface area (Å²) in [6, 6.07) is 6.95. The fourth-order valence-corrected chi connectivity index (χ4v) is 2.23. The molecule has 124 valence electrons. The van der Waals surface area contributed by atoms with E-state index in [-0.39, 0.29) is 6.03 Å². The predicted octanol–water partition coefficient (Wildman–Crippen LogP) is 2.30. The van der Waals surface area contributed by atoms with E-state index in [1.54, 1.807) is 12.1 Å². The first-order chi connectivity index (χ1) is 11.1. The van der Waals surface area contributed by atoms with Crippen molar-refractivity contribution in [3.8, 4) is 5.75 Å². The first kappa shape index (κ1) is 17.1. The number of aromatic nitrogens is 2. The van der Waals surface area contributed by atoms with Crippen LogP contribution in [0.25, 0.3) is 0 Å². The summed E-state index contributed by atoms with van der Waals surface area (Å²) in [4.78, 5) is 11.7. The molecular weight excluding hydrogens is 316 g/mol. The lowest BCUT2D eigenvalue weighted by molar-refractivity contribution is 0.236. The maximum Gasteiger partial charge on any atom is 0.314 e. The zero-order chi connectivity index (χ0) is 16.7. The minimum atomic E-state index is -0.207. The van der Waals surface area contributed by atoms with Gasteiger partial charge in [-0.15, -0.1) is 0 Å². The van der Waals surface area contributed by atoms with Gasteiger partial charge in [0.15, 0.2) is 0 Å². The van der Waals surface area contributed by atoms with Crippen LogP contribution in [-0.4, -0.2) is 35.5 Å². The number of carbonyl (C=O) groups is 1. The maximum absolute atomic E-state index is 11.7. The van der Waals surface area contributed by atoms with Crippen LogP contribution >= 0.6 is 11.6 Å². The third-order valence-corrected chi connectivity index (χ3v) is 3.70. The van der Waals surface area contributed by atoms with Crippen molar-refractivity contribution in [1.29, 1.82) is 0 Å². The van der Waals surface area contributed by atoms with Gasteiger partial charge in [-0.25, -0.2) is 4.79 Å². The van der Waals surface area contributed by atoms with Crippen molar-refractivity contribution >= 4 is 17.6 Å². The summed E-state index contributed by atoms with van der Waals surface area (Å²) in [6.45, 7) is 3.38. The molecule has 0 saturated heterocycles. The molecule has 1 aromatic carbocycles. The predicted molar refractivity (Wildman–Crippen MR) is 90.0 cm³/mol. The van der Waals surface area contributed by atoms with Crippen LogP contribution in [0.15, 0.2) is 30.5 Å². The van der Waals surface area contributed by atoms with Crippen LogP contribution in [0.3, 0.4) is 0 Å². The molecule has 0 atom stereocenters. The quantitative estimate of drug-likeness (QED) is 0.762. The second-order valence-corrected chi connectivity index (χ2v) is 5.55. The second kappa shape index (κ2) is 8.43. The highest BCUT2D eigenvalue weighted by Crippen LogP contribution is 2.16. The Hall–Kier alpha value is -2.21. The van der Waals surface area contributed by atoms with Crippen LogP contribution in [0, 0.1) is 6.92 Å². The number of ether oxygens (including phenoxy) is 1. The van der Waals surface area contributed by atoms with Gasteiger partial charge in [-0.1, -0.05) is 17.7 Å². The lowest BCUT2D eigenvalue weighted by Gasteiger charge is -2.09. The zero-order valence-corrected chi connectivity index (χ0v) is 14.1. The van der Waals surface area contributed by atoms with Gasteiger partial charge in [0.05, 0.1) is 12.7 Å². The van der Waals surface area contributed by atoms with Gasteiger partial charge in [-0.2, -0.15) is 5.10 Å². The van der Waals surface area contributed by atoms with E-state index < -0.39 is 0 Å². The number of benzene rings is 1. The standard InChI is InChI=1S/C16H21ClN4O2/c1-12-13(11-20-21(12)2)6-7-18-16(22)19-8-9-23-15-5-3-4-14(17)10-15/h3-5,10-11H,6-9H2,1-2H3,(H2,18,19,22). The van der Waals surface area contributed by atoms with Crippen molar-refractivity contribution in [2.24, 2.45) is 7.05 Å². The molecule has 6 nitrogen and oxygen atoms in total. The number of hydrogen-bond donors (Lipinski definition) is 2. The van der Waals surface area contributed by atoms with Gasteiger partial charge in [0.1, 0.15) is 12.4 Å². The normalized spacial score (nSPS) is 10.4. The first-order valence-electron chi connectivity index (χ1n) is 7.44. The molecule has 1 heterocycles. The highest BCUT2D eigenvalue weighted by molar-refractivity contribution is 6.30. The number of nitrogens with zero attached hydrogens (tertiary/aromatic N) is 2. The van der Waals surface area contributed by atoms with Crippen molar-refractivity contribution < 1.29 is 9.53 Å². The minimum Gasteiger partial charge on any atom is -0.492 e. The molecular formula is C16H21ClN4O2. The lowest BCUT2D eigenvalue weighted by atomic mass is 10.2. The van der Waals surface area contributed by atoms with Crippen LogP contribution in [-0.2, 0) is 13.5 Å². The molecule has 0 aliphatic rings. The van der Waals surface area contributed by atoms with Gasteiger partial charge in [-0.05, 0) is 37.1 Å². The molecule has 2 rings (SSSR count). The molecule has 23 heavy (non-hydrogen) atoms. The molecule has 2 aromatic rings. The van der Waals surface area contributed by atoms with E-state index in [0.717, 1.165) is 17.7 Å². The summed E-state index contributed by atoms with van der Waals surface area (Å²) in [5.41, 5.74) is 2.25. The molecule has 0 unspecified atom stereocenters. The fourth-order valence-electron chi connectivity index (χ4n) is 2.05. The summed E-state index contributed by atoms with van der Waals surface area (Å²) in [5, 5.41) is 10.4. The number of halogens is 1. The van der Waals surface area contributed by atoms with E-state index in [4.69, 9.17) is 16.3 Å². The van der Waals surface area contributed by atoms with Gasteiger partial charge in [-0.3, -0.25) is 4.68 Å². The molecule has 1 aromatic heterocycles. The summed E-state index contributed by atoms with van der Waals surface area (Å²) >= 11 is 5.86. The SMILES string of the molecule is Cc1c(CCNC(=O)NCCOc2cccc(Cl)c2)cnn1C. The van der Waals surface area contributed by atoms with Gasteiger partial charge in [0.25, 0.3) is 0 Å². The summed E-state index contributed by atoms with van der Waals surface area (Å²) in [5.74, 6) is 0.687. The molecule has 0 radical (unpaired) electrons. The molecule has 0 saturated carbocycles. The van der Waals surface area contributed by atoms with Gasteiger partial charge < -0.3 is 15.4 Å². The third-order valence-electron chi connectivity index (χ3n) is 3.47. The number of aryl methyl sites for hydroxylation is 1. The largest absolute Gasteiger partial charge is 0.492 e. The Morgan fingerprint density at radius 2 is 2.13 bits per heavy atom. The number of rotatable bonds is 7. The number of nitrogens with one attached hydrogen (secondary N) is 2. The lowest BCUT2D eigenvalue weighted by Crippen LogP contribution is -2.38. The highest BCUT2D eigenvalue weighted by atomic mass is 35.5. The Morgan fingerprint density at radius 3 is 2.83 bits per heavy atom. The molecule has 0 bridgehead atoms. The van der Waals surface area contributed by atoms with Crippen LogP contribution in [0.1, 0.15) is 11.3 Å². The Morgan fingerprint density at radius 1 is 1.35 bits per heavy atom. The van der Waals surface area contributed by atoms with Crippen LogP contribution in [0.4, 0.5) is 4.79 Å². The van der Waals surface area contributed by atoms with E-state index in [2.05, 4.69) is 15.7 Å². The zero-order valence-electron chi connectivity index (χ0n) is 13.3. The van der Waals surface area contributed by atoms with E-state index in [1.165, 1.54) is 0 Å². The Balaban J connectivity index is 1.59. The van der Waals surface area contributed by atoms with Crippen molar-refractivity contribution in [1.82, 2.24) is 20.4 Å². The molecule has 0 fully saturated rings. The molecule has 0 aliphatic heterocycles. The average molecular weight is 337 g/mol. The van der Waals surface area contributed by atoms with E-state index >= 15 is 0 Å².